The number of benzene rings is 1. The topological polar surface area (TPSA) is 52.0 Å². The fourth-order valence-corrected chi connectivity index (χ4v) is 1.12. The lowest BCUT2D eigenvalue weighted by Gasteiger charge is -1.98. The number of hydrogen-bond acceptors (Lipinski definition) is 2. The Morgan fingerprint density at radius 2 is 2.15 bits per heavy atom. The SMILES string of the molecule is NCCC#Cc1c(N)cccc1Cl. The molecule has 0 aliphatic carbocycles. The smallest absolute Gasteiger partial charge is 0.0661 e. The largest absolute Gasteiger partial charge is 0.398 e. The van der Waals surface area contributed by atoms with E-state index < -0.39 is 0 Å². The van der Waals surface area contributed by atoms with Gasteiger partial charge >= 0.3 is 0 Å². The Kier molecular flexibility index (Phi) is 3.63. The summed E-state index contributed by atoms with van der Waals surface area (Å²) in [5.41, 5.74) is 12.3. The Morgan fingerprint density at radius 1 is 1.38 bits per heavy atom. The van der Waals surface area contributed by atoms with E-state index in [-0.39, 0.29) is 0 Å². The molecule has 0 aliphatic heterocycles. The van der Waals surface area contributed by atoms with Gasteiger partial charge in [-0.1, -0.05) is 29.5 Å². The van der Waals surface area contributed by atoms with Crippen LogP contribution in [-0.4, -0.2) is 6.54 Å². The molecule has 0 amide bonds. The lowest BCUT2D eigenvalue weighted by atomic mass is 10.2. The van der Waals surface area contributed by atoms with Crippen LogP contribution in [0.4, 0.5) is 5.69 Å². The van der Waals surface area contributed by atoms with E-state index in [0.29, 0.717) is 29.2 Å². The summed E-state index contributed by atoms with van der Waals surface area (Å²) >= 11 is 5.89. The predicted molar refractivity (Wildman–Crippen MR) is 56.4 cm³/mol. The maximum absolute atomic E-state index is 5.89. The van der Waals surface area contributed by atoms with Crippen LogP contribution < -0.4 is 11.5 Å². The summed E-state index contributed by atoms with van der Waals surface area (Å²) in [5.74, 6) is 5.79. The van der Waals surface area contributed by atoms with E-state index in [0.717, 1.165) is 0 Å². The van der Waals surface area contributed by atoms with Crippen LogP contribution >= 0.6 is 11.6 Å². The molecule has 0 bridgehead atoms. The average molecular weight is 195 g/mol. The van der Waals surface area contributed by atoms with Crippen molar-refractivity contribution in [2.45, 2.75) is 6.42 Å². The molecule has 4 N–H and O–H groups in total. The van der Waals surface area contributed by atoms with Gasteiger partial charge in [-0.05, 0) is 12.1 Å². The molecule has 0 fully saturated rings. The fraction of sp³-hybridized carbons (Fsp3) is 0.200. The zero-order chi connectivity index (χ0) is 9.68. The van der Waals surface area contributed by atoms with Gasteiger partial charge in [0.05, 0.1) is 10.6 Å². The van der Waals surface area contributed by atoms with Crippen LogP contribution in [0.15, 0.2) is 18.2 Å². The summed E-state index contributed by atoms with van der Waals surface area (Å²) in [6, 6.07) is 5.34. The molecule has 68 valence electrons. The lowest BCUT2D eigenvalue weighted by Crippen LogP contribution is -1.96. The van der Waals surface area contributed by atoms with E-state index in [9.17, 15) is 0 Å². The summed E-state index contributed by atoms with van der Waals surface area (Å²) in [5, 5.41) is 0.588. The van der Waals surface area contributed by atoms with Gasteiger partial charge in [0, 0.05) is 18.7 Å². The van der Waals surface area contributed by atoms with Crippen LogP contribution in [0.5, 0.6) is 0 Å². The molecule has 0 radical (unpaired) electrons. The zero-order valence-electron chi connectivity index (χ0n) is 7.18. The number of nitrogen functional groups attached to an aromatic ring is 1. The molecule has 0 atom stereocenters. The lowest BCUT2D eigenvalue weighted by molar-refractivity contribution is 1.03. The maximum Gasteiger partial charge on any atom is 0.0661 e. The summed E-state index contributed by atoms with van der Waals surface area (Å²) in [4.78, 5) is 0. The zero-order valence-corrected chi connectivity index (χ0v) is 7.93. The van der Waals surface area contributed by atoms with E-state index >= 15 is 0 Å². The molecule has 1 aromatic rings. The van der Waals surface area contributed by atoms with Crippen molar-refractivity contribution in [2.24, 2.45) is 5.73 Å². The average Bonchev–Trinajstić information content (AvgIpc) is 2.10. The molecule has 13 heavy (non-hydrogen) atoms. The molecule has 0 aliphatic rings. The molecular formula is C10H11ClN2. The normalized spacial score (nSPS) is 9.08. The molecule has 0 spiro atoms. The Hall–Kier alpha value is -1.17. The monoisotopic (exact) mass is 194 g/mol. The van der Waals surface area contributed by atoms with Gasteiger partial charge in [-0.15, -0.1) is 0 Å². The van der Waals surface area contributed by atoms with E-state index in [1.165, 1.54) is 0 Å². The molecule has 0 unspecified atom stereocenters. The summed E-state index contributed by atoms with van der Waals surface area (Å²) in [6.07, 6.45) is 0.657. The molecule has 0 heterocycles. The van der Waals surface area contributed by atoms with E-state index in [1.54, 1.807) is 18.2 Å². The van der Waals surface area contributed by atoms with Crippen molar-refractivity contribution in [3.8, 4) is 11.8 Å². The van der Waals surface area contributed by atoms with Crippen LogP contribution in [0.25, 0.3) is 0 Å². The van der Waals surface area contributed by atoms with Crippen molar-refractivity contribution >= 4 is 17.3 Å². The first-order chi connectivity index (χ1) is 6.25. The van der Waals surface area contributed by atoms with Gasteiger partial charge in [-0.25, -0.2) is 0 Å². The van der Waals surface area contributed by atoms with E-state index in [4.69, 9.17) is 23.1 Å². The van der Waals surface area contributed by atoms with Crippen LogP contribution in [0.3, 0.4) is 0 Å². The number of halogens is 1. The highest BCUT2D eigenvalue weighted by Crippen LogP contribution is 2.20. The second kappa shape index (κ2) is 4.76. The van der Waals surface area contributed by atoms with Crippen LogP contribution in [0.2, 0.25) is 5.02 Å². The van der Waals surface area contributed by atoms with Crippen molar-refractivity contribution in [1.82, 2.24) is 0 Å². The van der Waals surface area contributed by atoms with Gasteiger partial charge in [-0.3, -0.25) is 0 Å². The second-order valence-corrected chi connectivity index (χ2v) is 2.95. The molecule has 2 nitrogen and oxygen atoms in total. The second-order valence-electron chi connectivity index (χ2n) is 2.54. The third-order valence-corrected chi connectivity index (χ3v) is 1.84. The van der Waals surface area contributed by atoms with Crippen molar-refractivity contribution in [3.05, 3.63) is 28.8 Å². The van der Waals surface area contributed by atoms with Crippen molar-refractivity contribution in [1.29, 1.82) is 0 Å². The molecule has 1 rings (SSSR count). The highest BCUT2D eigenvalue weighted by Gasteiger charge is 1.99. The van der Waals surface area contributed by atoms with Gasteiger partial charge < -0.3 is 11.5 Å². The summed E-state index contributed by atoms with van der Waals surface area (Å²) in [7, 11) is 0. The van der Waals surface area contributed by atoms with Gasteiger partial charge in [-0.2, -0.15) is 0 Å². The van der Waals surface area contributed by atoms with Crippen LogP contribution in [0.1, 0.15) is 12.0 Å². The molecular weight excluding hydrogens is 184 g/mol. The minimum atomic E-state index is 0.553. The van der Waals surface area contributed by atoms with E-state index in [2.05, 4.69) is 11.8 Å². The predicted octanol–water partition coefficient (Wildman–Crippen LogP) is 1.62. The minimum absolute atomic E-state index is 0.553. The first-order valence-corrected chi connectivity index (χ1v) is 4.36. The van der Waals surface area contributed by atoms with Crippen molar-refractivity contribution in [2.75, 3.05) is 12.3 Å². The standard InChI is InChI=1S/C10H11ClN2/c11-9-5-3-6-10(13)8(9)4-1-2-7-12/h3,5-6H,2,7,12-13H2. The Morgan fingerprint density at radius 3 is 2.77 bits per heavy atom. The molecule has 0 saturated carbocycles. The first-order valence-electron chi connectivity index (χ1n) is 3.98. The number of anilines is 1. The summed E-state index contributed by atoms with van der Waals surface area (Å²) < 4.78 is 0. The highest BCUT2D eigenvalue weighted by molar-refractivity contribution is 6.32. The first kappa shape index (κ1) is 9.91. The van der Waals surface area contributed by atoms with Crippen LogP contribution in [0, 0.1) is 11.8 Å². The third-order valence-electron chi connectivity index (χ3n) is 1.53. The quantitative estimate of drug-likeness (QED) is 0.527. The highest BCUT2D eigenvalue weighted by atomic mass is 35.5. The van der Waals surface area contributed by atoms with Gasteiger partial charge in [0.2, 0.25) is 0 Å². The Bertz CT molecular complexity index is 329. The molecule has 1 aromatic carbocycles. The number of nitrogens with two attached hydrogens (primary N) is 2. The van der Waals surface area contributed by atoms with Gasteiger partial charge in [0.1, 0.15) is 0 Å². The number of rotatable bonds is 1. The van der Waals surface area contributed by atoms with Gasteiger partial charge in [0.25, 0.3) is 0 Å². The van der Waals surface area contributed by atoms with Crippen LogP contribution in [-0.2, 0) is 0 Å². The third kappa shape index (κ3) is 2.66. The van der Waals surface area contributed by atoms with Crippen molar-refractivity contribution < 1.29 is 0 Å². The molecule has 3 heteroatoms. The molecule has 0 aromatic heterocycles. The maximum atomic E-state index is 5.89. The Balaban J connectivity index is 2.95. The fourth-order valence-electron chi connectivity index (χ4n) is 0.896. The Labute approximate surface area is 82.9 Å². The van der Waals surface area contributed by atoms with Gasteiger partial charge in [0.15, 0.2) is 0 Å². The van der Waals surface area contributed by atoms with Crippen molar-refractivity contribution in [3.63, 3.8) is 0 Å². The summed E-state index contributed by atoms with van der Waals surface area (Å²) in [6.45, 7) is 0.553. The number of hydrogen-bond donors (Lipinski definition) is 2. The van der Waals surface area contributed by atoms with E-state index in [1.807, 2.05) is 0 Å². The minimum Gasteiger partial charge on any atom is -0.398 e. The molecule has 0 saturated heterocycles.